The van der Waals surface area contributed by atoms with E-state index in [4.69, 9.17) is 9.47 Å². The minimum absolute atomic E-state index is 0.365. The highest BCUT2D eigenvalue weighted by Crippen LogP contribution is 2.36. The first-order valence-electron chi connectivity index (χ1n) is 9.02. The Kier molecular flexibility index (Phi) is 4.70. The number of hydrogen-bond donors (Lipinski definition) is 0. The lowest BCUT2D eigenvalue weighted by Gasteiger charge is -2.32. The molecule has 0 aliphatic carbocycles. The summed E-state index contributed by atoms with van der Waals surface area (Å²) in [6, 6.07) is 17.1. The quantitative estimate of drug-likeness (QED) is 0.820. The van der Waals surface area contributed by atoms with E-state index < -0.39 is 0 Å². The molecule has 3 heteroatoms. The van der Waals surface area contributed by atoms with Crippen LogP contribution in [0.4, 0.5) is 0 Å². The van der Waals surface area contributed by atoms with E-state index >= 15 is 0 Å². The van der Waals surface area contributed by atoms with Gasteiger partial charge >= 0.3 is 0 Å². The Bertz CT molecular complexity index is 663. The summed E-state index contributed by atoms with van der Waals surface area (Å²) in [5.74, 6) is 2.71. The summed E-state index contributed by atoms with van der Waals surface area (Å²) in [6.45, 7) is 3.88. The molecule has 0 N–H and O–H groups in total. The van der Waals surface area contributed by atoms with Gasteiger partial charge in [-0.25, -0.2) is 0 Å². The number of nitrogens with zero attached hydrogens (tertiary/aromatic N) is 1. The molecule has 0 unspecified atom stereocenters. The van der Waals surface area contributed by atoms with Crippen LogP contribution in [0.15, 0.2) is 48.5 Å². The number of rotatable bonds is 5. The molecule has 0 atom stereocenters. The zero-order valence-electron chi connectivity index (χ0n) is 14.1. The van der Waals surface area contributed by atoms with Crippen LogP contribution in [0, 0.1) is 5.92 Å². The lowest BCUT2D eigenvalue weighted by atomic mass is 9.90. The van der Waals surface area contributed by atoms with Crippen LogP contribution in [0.25, 0.3) is 0 Å². The van der Waals surface area contributed by atoms with Crippen LogP contribution < -0.4 is 9.47 Å². The molecule has 2 aromatic carbocycles. The molecule has 0 spiro atoms. The second kappa shape index (κ2) is 7.27. The standard InChI is InChI=1S/C21H25NO2/c1-2-5-18(6-3-1)15-22-13-11-17(12-14-22)9-10-19-7-4-8-20-21(19)24-16-23-20/h1-8,17H,9-16H2. The predicted molar refractivity (Wildman–Crippen MR) is 95.3 cm³/mol. The molecule has 126 valence electrons. The molecule has 2 aliphatic heterocycles. The third kappa shape index (κ3) is 3.57. The molecule has 0 radical (unpaired) electrons. The van der Waals surface area contributed by atoms with Gasteiger partial charge in [-0.2, -0.15) is 0 Å². The van der Waals surface area contributed by atoms with E-state index in [0.717, 1.165) is 30.4 Å². The van der Waals surface area contributed by atoms with Gasteiger partial charge in [-0.05, 0) is 61.9 Å². The van der Waals surface area contributed by atoms with Gasteiger partial charge in [0.1, 0.15) is 0 Å². The smallest absolute Gasteiger partial charge is 0.231 e. The molecule has 2 aromatic rings. The summed E-state index contributed by atoms with van der Waals surface area (Å²) in [7, 11) is 0. The van der Waals surface area contributed by atoms with Crippen molar-refractivity contribution < 1.29 is 9.47 Å². The van der Waals surface area contributed by atoms with Crippen LogP contribution in [-0.4, -0.2) is 24.8 Å². The molecule has 2 aliphatic rings. The lowest BCUT2D eigenvalue weighted by Crippen LogP contribution is -2.33. The fourth-order valence-electron chi connectivity index (χ4n) is 3.82. The molecule has 1 saturated heterocycles. The SMILES string of the molecule is c1ccc(CN2CCC(CCc3cccc4c3OCO4)CC2)cc1. The molecule has 0 bridgehead atoms. The van der Waals surface area contributed by atoms with Gasteiger partial charge in [0.25, 0.3) is 0 Å². The molecule has 0 amide bonds. The molecule has 4 rings (SSSR count). The molecule has 2 heterocycles. The van der Waals surface area contributed by atoms with Crippen molar-refractivity contribution >= 4 is 0 Å². The maximum absolute atomic E-state index is 5.62. The largest absolute Gasteiger partial charge is 0.454 e. The normalized spacial score (nSPS) is 18.0. The van der Waals surface area contributed by atoms with Gasteiger partial charge in [0.05, 0.1) is 0 Å². The summed E-state index contributed by atoms with van der Waals surface area (Å²) in [5, 5.41) is 0. The van der Waals surface area contributed by atoms with Gasteiger partial charge < -0.3 is 9.47 Å². The topological polar surface area (TPSA) is 21.7 Å². The highest BCUT2D eigenvalue weighted by atomic mass is 16.7. The van der Waals surface area contributed by atoms with E-state index in [2.05, 4.69) is 47.4 Å². The Morgan fingerprint density at radius 1 is 0.917 bits per heavy atom. The van der Waals surface area contributed by atoms with Crippen molar-refractivity contribution in [1.82, 2.24) is 4.90 Å². The van der Waals surface area contributed by atoms with Crippen LogP contribution >= 0.6 is 0 Å². The Morgan fingerprint density at radius 3 is 2.58 bits per heavy atom. The average Bonchev–Trinajstić information content (AvgIpc) is 3.11. The fraction of sp³-hybridized carbons (Fsp3) is 0.429. The number of piperidine rings is 1. The van der Waals surface area contributed by atoms with Crippen molar-refractivity contribution in [1.29, 1.82) is 0 Å². The van der Waals surface area contributed by atoms with Gasteiger partial charge in [-0.3, -0.25) is 4.90 Å². The molecule has 0 aromatic heterocycles. The molecule has 24 heavy (non-hydrogen) atoms. The van der Waals surface area contributed by atoms with E-state index in [-0.39, 0.29) is 0 Å². The summed E-state index contributed by atoms with van der Waals surface area (Å²) >= 11 is 0. The van der Waals surface area contributed by atoms with Crippen molar-refractivity contribution in [2.45, 2.75) is 32.2 Å². The Morgan fingerprint density at radius 2 is 1.75 bits per heavy atom. The summed E-state index contributed by atoms with van der Waals surface area (Å²) in [6.07, 6.45) is 4.95. The van der Waals surface area contributed by atoms with Gasteiger partial charge in [-0.1, -0.05) is 42.5 Å². The van der Waals surface area contributed by atoms with E-state index in [1.807, 2.05) is 6.07 Å². The number of likely N-dealkylation sites (tertiary alicyclic amines) is 1. The van der Waals surface area contributed by atoms with E-state index in [9.17, 15) is 0 Å². The second-order valence-corrected chi connectivity index (χ2v) is 6.89. The zero-order chi connectivity index (χ0) is 16.2. The van der Waals surface area contributed by atoms with Crippen LogP contribution in [0.1, 0.15) is 30.4 Å². The third-order valence-corrected chi connectivity index (χ3v) is 5.26. The summed E-state index contributed by atoms with van der Waals surface area (Å²) < 4.78 is 11.1. The van der Waals surface area contributed by atoms with E-state index in [0.29, 0.717) is 6.79 Å². The molecular weight excluding hydrogens is 298 g/mol. The lowest BCUT2D eigenvalue weighted by molar-refractivity contribution is 0.169. The second-order valence-electron chi connectivity index (χ2n) is 6.89. The number of benzene rings is 2. The van der Waals surface area contributed by atoms with Crippen molar-refractivity contribution in [3.05, 3.63) is 59.7 Å². The Hall–Kier alpha value is -2.00. The number of hydrogen-bond acceptors (Lipinski definition) is 3. The van der Waals surface area contributed by atoms with Crippen molar-refractivity contribution in [3.8, 4) is 11.5 Å². The average molecular weight is 323 g/mol. The highest BCUT2D eigenvalue weighted by Gasteiger charge is 2.21. The van der Waals surface area contributed by atoms with Crippen LogP contribution in [-0.2, 0) is 13.0 Å². The Balaban J connectivity index is 1.26. The Labute approximate surface area is 144 Å². The molecular formula is C21H25NO2. The third-order valence-electron chi connectivity index (χ3n) is 5.26. The first-order valence-corrected chi connectivity index (χ1v) is 9.02. The summed E-state index contributed by atoms with van der Waals surface area (Å²) in [4.78, 5) is 2.59. The van der Waals surface area contributed by atoms with E-state index in [1.165, 1.54) is 43.5 Å². The first-order chi connectivity index (χ1) is 11.9. The summed E-state index contributed by atoms with van der Waals surface area (Å²) in [5.41, 5.74) is 2.73. The number of ether oxygens (including phenoxy) is 2. The maximum Gasteiger partial charge on any atom is 0.231 e. The highest BCUT2D eigenvalue weighted by molar-refractivity contribution is 5.48. The number of aryl methyl sites for hydroxylation is 1. The number of para-hydroxylation sites is 1. The van der Waals surface area contributed by atoms with Crippen molar-refractivity contribution in [2.24, 2.45) is 5.92 Å². The fourth-order valence-corrected chi connectivity index (χ4v) is 3.82. The van der Waals surface area contributed by atoms with Crippen LogP contribution in [0.3, 0.4) is 0 Å². The van der Waals surface area contributed by atoms with Crippen LogP contribution in [0.2, 0.25) is 0 Å². The maximum atomic E-state index is 5.62. The first kappa shape index (κ1) is 15.5. The molecule has 0 saturated carbocycles. The molecule has 3 nitrogen and oxygen atoms in total. The van der Waals surface area contributed by atoms with Crippen LogP contribution in [0.5, 0.6) is 11.5 Å². The van der Waals surface area contributed by atoms with Gasteiger partial charge in [-0.15, -0.1) is 0 Å². The minimum Gasteiger partial charge on any atom is -0.454 e. The van der Waals surface area contributed by atoms with Gasteiger partial charge in [0.15, 0.2) is 11.5 Å². The van der Waals surface area contributed by atoms with E-state index in [1.54, 1.807) is 0 Å². The van der Waals surface area contributed by atoms with Gasteiger partial charge in [0, 0.05) is 6.54 Å². The van der Waals surface area contributed by atoms with Crippen molar-refractivity contribution in [2.75, 3.05) is 19.9 Å². The zero-order valence-corrected chi connectivity index (χ0v) is 14.1. The monoisotopic (exact) mass is 323 g/mol. The predicted octanol–water partition coefficient (Wildman–Crippen LogP) is 4.26. The number of fused-ring (bicyclic) bond motifs is 1. The van der Waals surface area contributed by atoms with Crippen molar-refractivity contribution in [3.63, 3.8) is 0 Å². The minimum atomic E-state index is 0.365. The van der Waals surface area contributed by atoms with Gasteiger partial charge in [0.2, 0.25) is 6.79 Å². The molecule has 1 fully saturated rings.